The molecule has 0 bridgehead atoms. The fraction of sp³-hybridized carbons (Fsp3) is 0.292. The van der Waals surface area contributed by atoms with Gasteiger partial charge < -0.3 is 9.32 Å². The molecule has 6 heteroatoms. The van der Waals surface area contributed by atoms with Crippen LogP contribution in [0.5, 0.6) is 0 Å². The molecule has 0 N–H and O–H groups in total. The van der Waals surface area contributed by atoms with Crippen molar-refractivity contribution in [3.05, 3.63) is 89.4 Å². The second kappa shape index (κ2) is 9.41. The summed E-state index contributed by atoms with van der Waals surface area (Å²) >= 11 is 0. The van der Waals surface area contributed by atoms with E-state index in [1.807, 2.05) is 42.2 Å². The van der Waals surface area contributed by atoms with Crippen LogP contribution in [0.2, 0.25) is 0 Å². The minimum absolute atomic E-state index is 0.0954. The fourth-order valence-corrected chi connectivity index (χ4v) is 4.77. The highest BCUT2D eigenvalue weighted by atomic mass is 32.2. The van der Waals surface area contributed by atoms with Gasteiger partial charge in [-0.05, 0) is 42.3 Å². The molecule has 5 nitrogen and oxygen atoms in total. The standard InChI is InChI=1S/C24H26N2O3S/c1-19-6-5-9-22(16-19)30(28)18-21-10-11-23(29-21)24(27)26-14-12-25(13-15-26)17-20-7-3-2-4-8-20/h2-11,16H,12-15,17-18H2,1H3/t30-/m0/s1. The van der Waals surface area contributed by atoms with Crippen molar-refractivity contribution in [2.75, 3.05) is 26.2 Å². The van der Waals surface area contributed by atoms with Crippen LogP contribution in [0, 0.1) is 6.92 Å². The van der Waals surface area contributed by atoms with E-state index >= 15 is 0 Å². The van der Waals surface area contributed by atoms with Crippen molar-refractivity contribution in [3.8, 4) is 0 Å². The van der Waals surface area contributed by atoms with Crippen LogP contribution in [-0.4, -0.2) is 46.1 Å². The summed E-state index contributed by atoms with van der Waals surface area (Å²) < 4.78 is 18.3. The molecular formula is C24H26N2O3S. The Morgan fingerprint density at radius 3 is 2.47 bits per heavy atom. The van der Waals surface area contributed by atoms with Crippen LogP contribution in [-0.2, 0) is 23.1 Å². The van der Waals surface area contributed by atoms with E-state index in [4.69, 9.17) is 4.42 Å². The number of hydrogen-bond donors (Lipinski definition) is 0. The highest BCUT2D eigenvalue weighted by Crippen LogP contribution is 2.18. The van der Waals surface area contributed by atoms with Crippen LogP contribution in [0.1, 0.15) is 27.4 Å². The van der Waals surface area contributed by atoms with Gasteiger partial charge in [0.1, 0.15) is 5.76 Å². The van der Waals surface area contributed by atoms with E-state index in [0.29, 0.717) is 24.6 Å². The maximum absolute atomic E-state index is 12.8. The molecule has 0 saturated carbocycles. The van der Waals surface area contributed by atoms with Gasteiger partial charge in [-0.2, -0.15) is 0 Å². The highest BCUT2D eigenvalue weighted by molar-refractivity contribution is 7.84. The molecule has 0 aliphatic carbocycles. The number of amides is 1. The van der Waals surface area contributed by atoms with Crippen molar-refractivity contribution in [1.29, 1.82) is 0 Å². The smallest absolute Gasteiger partial charge is 0.289 e. The van der Waals surface area contributed by atoms with Crippen molar-refractivity contribution < 1.29 is 13.4 Å². The number of hydrogen-bond acceptors (Lipinski definition) is 4. The summed E-state index contributed by atoms with van der Waals surface area (Å²) in [6.07, 6.45) is 0. The Morgan fingerprint density at radius 2 is 1.73 bits per heavy atom. The van der Waals surface area contributed by atoms with Gasteiger partial charge >= 0.3 is 0 Å². The van der Waals surface area contributed by atoms with E-state index in [1.165, 1.54) is 5.56 Å². The lowest BCUT2D eigenvalue weighted by Gasteiger charge is -2.34. The average Bonchev–Trinajstić information content (AvgIpc) is 3.23. The van der Waals surface area contributed by atoms with E-state index in [9.17, 15) is 9.00 Å². The molecule has 1 fully saturated rings. The van der Waals surface area contributed by atoms with E-state index in [-0.39, 0.29) is 11.7 Å². The summed E-state index contributed by atoms with van der Waals surface area (Å²) in [6, 6.07) is 21.5. The van der Waals surface area contributed by atoms with Crippen LogP contribution in [0.15, 0.2) is 76.0 Å². The molecule has 1 aliphatic rings. The Labute approximate surface area is 179 Å². The number of aryl methyl sites for hydroxylation is 1. The molecule has 0 spiro atoms. The third-order valence-corrected chi connectivity index (χ3v) is 6.63. The Balaban J connectivity index is 1.31. The summed E-state index contributed by atoms with van der Waals surface area (Å²) in [5.74, 6) is 1.06. The van der Waals surface area contributed by atoms with Gasteiger partial charge in [-0.15, -0.1) is 0 Å². The molecule has 30 heavy (non-hydrogen) atoms. The molecule has 4 rings (SSSR count). The van der Waals surface area contributed by atoms with Crippen molar-refractivity contribution in [3.63, 3.8) is 0 Å². The van der Waals surface area contributed by atoms with Gasteiger partial charge in [0.25, 0.3) is 5.91 Å². The number of carbonyl (C=O) groups excluding carboxylic acids is 1. The van der Waals surface area contributed by atoms with Crippen LogP contribution in [0.25, 0.3) is 0 Å². The van der Waals surface area contributed by atoms with Crippen molar-refractivity contribution >= 4 is 16.7 Å². The van der Waals surface area contributed by atoms with Gasteiger partial charge in [-0.1, -0.05) is 42.5 Å². The monoisotopic (exact) mass is 422 g/mol. The fourth-order valence-electron chi connectivity index (χ4n) is 3.65. The lowest BCUT2D eigenvalue weighted by atomic mass is 10.2. The Kier molecular flexibility index (Phi) is 6.45. The first-order valence-electron chi connectivity index (χ1n) is 10.2. The summed E-state index contributed by atoms with van der Waals surface area (Å²) in [5, 5.41) is 0. The molecule has 1 aromatic heterocycles. The van der Waals surface area contributed by atoms with Gasteiger partial charge in [-0.3, -0.25) is 13.9 Å². The molecule has 3 aromatic rings. The van der Waals surface area contributed by atoms with Gasteiger partial charge in [0.15, 0.2) is 5.76 Å². The lowest BCUT2D eigenvalue weighted by Crippen LogP contribution is -2.48. The van der Waals surface area contributed by atoms with Crippen LogP contribution in [0.3, 0.4) is 0 Å². The number of benzene rings is 2. The summed E-state index contributed by atoms with van der Waals surface area (Å²) in [5.41, 5.74) is 2.36. The predicted molar refractivity (Wildman–Crippen MR) is 118 cm³/mol. The maximum Gasteiger partial charge on any atom is 0.289 e. The topological polar surface area (TPSA) is 53.8 Å². The Morgan fingerprint density at radius 1 is 0.967 bits per heavy atom. The Bertz CT molecular complexity index is 1020. The highest BCUT2D eigenvalue weighted by Gasteiger charge is 2.24. The summed E-state index contributed by atoms with van der Waals surface area (Å²) in [7, 11) is -1.20. The number of carbonyl (C=O) groups is 1. The summed E-state index contributed by atoms with van der Waals surface area (Å²) in [4.78, 5) is 17.8. The van der Waals surface area contributed by atoms with E-state index in [2.05, 4.69) is 29.2 Å². The zero-order chi connectivity index (χ0) is 20.9. The third kappa shape index (κ3) is 5.07. The normalized spacial score (nSPS) is 15.8. The van der Waals surface area contributed by atoms with E-state index in [0.717, 1.165) is 30.1 Å². The number of piperazine rings is 1. The first-order chi connectivity index (χ1) is 14.6. The SMILES string of the molecule is Cc1cccc([S@@](=O)Cc2ccc(C(=O)N3CCN(Cc4ccccc4)CC3)o2)c1. The first-order valence-corrected chi connectivity index (χ1v) is 11.5. The second-order valence-electron chi connectivity index (χ2n) is 7.63. The molecule has 1 aliphatic heterocycles. The van der Waals surface area contributed by atoms with Crippen LogP contribution < -0.4 is 0 Å². The molecule has 1 atom stereocenters. The van der Waals surface area contributed by atoms with Gasteiger partial charge in [0.05, 0.1) is 16.6 Å². The van der Waals surface area contributed by atoms with Crippen LogP contribution >= 0.6 is 0 Å². The Hall–Kier alpha value is -2.70. The zero-order valence-electron chi connectivity index (χ0n) is 17.1. The quantitative estimate of drug-likeness (QED) is 0.605. The number of nitrogens with zero attached hydrogens (tertiary/aromatic N) is 2. The third-order valence-electron chi connectivity index (χ3n) is 5.31. The molecule has 2 aromatic carbocycles. The van der Waals surface area contributed by atoms with Crippen LogP contribution in [0.4, 0.5) is 0 Å². The number of rotatable bonds is 6. The molecular weight excluding hydrogens is 396 g/mol. The molecule has 2 heterocycles. The zero-order valence-corrected chi connectivity index (χ0v) is 17.9. The first kappa shape index (κ1) is 20.6. The minimum atomic E-state index is -1.20. The van der Waals surface area contributed by atoms with Crippen molar-refractivity contribution in [1.82, 2.24) is 9.80 Å². The largest absolute Gasteiger partial charge is 0.455 e. The maximum atomic E-state index is 12.8. The van der Waals surface area contributed by atoms with E-state index in [1.54, 1.807) is 12.1 Å². The molecule has 156 valence electrons. The van der Waals surface area contributed by atoms with Crippen molar-refractivity contribution in [2.45, 2.75) is 24.1 Å². The molecule has 1 amide bonds. The summed E-state index contributed by atoms with van der Waals surface area (Å²) in [6.45, 7) is 5.91. The molecule has 0 unspecified atom stereocenters. The predicted octanol–water partition coefficient (Wildman–Crippen LogP) is 3.85. The van der Waals surface area contributed by atoms with Gasteiger partial charge in [-0.25, -0.2) is 0 Å². The van der Waals surface area contributed by atoms with Crippen molar-refractivity contribution in [2.24, 2.45) is 0 Å². The average molecular weight is 423 g/mol. The van der Waals surface area contributed by atoms with Gasteiger partial charge in [0.2, 0.25) is 0 Å². The number of furan rings is 1. The minimum Gasteiger partial charge on any atom is -0.455 e. The molecule has 1 saturated heterocycles. The second-order valence-corrected chi connectivity index (χ2v) is 9.08. The van der Waals surface area contributed by atoms with Gasteiger partial charge in [0, 0.05) is 37.6 Å². The lowest BCUT2D eigenvalue weighted by molar-refractivity contribution is 0.0596. The van der Waals surface area contributed by atoms with E-state index < -0.39 is 10.8 Å². The molecule has 0 radical (unpaired) electrons.